The van der Waals surface area contributed by atoms with Crippen molar-refractivity contribution in [2.24, 2.45) is 0 Å². The van der Waals surface area contributed by atoms with Gasteiger partial charge in [0, 0.05) is 10.0 Å². The number of allylic oxidation sites excluding steroid dienone is 1. The summed E-state index contributed by atoms with van der Waals surface area (Å²) in [7, 11) is 0. The smallest absolute Gasteiger partial charge is 0.166 e. The summed E-state index contributed by atoms with van der Waals surface area (Å²) in [5.74, 6) is 0. The second kappa shape index (κ2) is 4.77. The molecule has 0 atom stereocenters. The topological polar surface area (TPSA) is 0 Å². The number of hydrogen-bond donors (Lipinski definition) is 0. The lowest BCUT2D eigenvalue weighted by Crippen LogP contribution is -2.08. The van der Waals surface area contributed by atoms with E-state index in [4.69, 9.17) is 0 Å². The Morgan fingerprint density at radius 2 is 1.60 bits per heavy atom. The van der Waals surface area contributed by atoms with Crippen LogP contribution in [-0.4, -0.2) is 0 Å². The van der Waals surface area contributed by atoms with E-state index in [1.165, 1.54) is 6.07 Å². The average molecular weight is 339 g/mol. The molecule has 0 spiro atoms. The second-order valence-corrected chi connectivity index (χ2v) is 5.47. The van der Waals surface area contributed by atoms with Gasteiger partial charge in [0.1, 0.15) is 0 Å². The zero-order valence-electron chi connectivity index (χ0n) is 10.3. The summed E-state index contributed by atoms with van der Waals surface area (Å²) in [6.45, 7) is 0. The van der Waals surface area contributed by atoms with E-state index in [2.05, 4.69) is 15.9 Å². The minimum atomic E-state index is -4.34. The van der Waals surface area contributed by atoms with Gasteiger partial charge in [0.15, 0.2) is 0 Å². The molecule has 0 bridgehead atoms. The Morgan fingerprint density at radius 3 is 2.25 bits per heavy atom. The number of benzene rings is 2. The third kappa shape index (κ3) is 2.18. The van der Waals surface area contributed by atoms with Gasteiger partial charge in [0.25, 0.3) is 0 Å². The number of fused-ring (bicyclic) bond motifs is 1. The fourth-order valence-electron chi connectivity index (χ4n) is 2.53. The van der Waals surface area contributed by atoms with E-state index in [9.17, 15) is 13.2 Å². The SMILES string of the molecule is FC(F)(F)c1cccc2c1C(Br)=C(c1ccccc1)C2. The quantitative estimate of drug-likeness (QED) is 0.641. The minimum absolute atomic E-state index is 0.277. The van der Waals surface area contributed by atoms with Crippen molar-refractivity contribution in [2.45, 2.75) is 12.6 Å². The van der Waals surface area contributed by atoms with Crippen LogP contribution < -0.4 is 0 Å². The van der Waals surface area contributed by atoms with Crippen molar-refractivity contribution in [2.75, 3.05) is 0 Å². The van der Waals surface area contributed by atoms with Crippen LogP contribution in [0.3, 0.4) is 0 Å². The Morgan fingerprint density at radius 1 is 0.900 bits per heavy atom. The molecule has 0 aliphatic heterocycles. The van der Waals surface area contributed by atoms with Crippen molar-refractivity contribution in [3.05, 3.63) is 70.8 Å². The molecule has 0 saturated carbocycles. The molecule has 0 heterocycles. The summed E-state index contributed by atoms with van der Waals surface area (Å²) >= 11 is 3.36. The Balaban J connectivity index is 2.18. The van der Waals surface area contributed by atoms with Crippen molar-refractivity contribution in [3.63, 3.8) is 0 Å². The molecule has 0 radical (unpaired) electrons. The molecule has 0 N–H and O–H groups in total. The van der Waals surface area contributed by atoms with E-state index in [0.29, 0.717) is 16.5 Å². The third-order valence-corrected chi connectivity index (χ3v) is 4.31. The van der Waals surface area contributed by atoms with Gasteiger partial charge in [0.05, 0.1) is 5.56 Å². The Labute approximate surface area is 123 Å². The zero-order valence-corrected chi connectivity index (χ0v) is 11.9. The van der Waals surface area contributed by atoms with E-state index in [0.717, 1.165) is 17.2 Å². The van der Waals surface area contributed by atoms with Crippen molar-refractivity contribution < 1.29 is 13.2 Å². The third-order valence-electron chi connectivity index (χ3n) is 3.43. The van der Waals surface area contributed by atoms with Crippen LogP contribution in [0.1, 0.15) is 22.3 Å². The molecular weight excluding hydrogens is 329 g/mol. The van der Waals surface area contributed by atoms with Gasteiger partial charge in [-0.15, -0.1) is 0 Å². The number of hydrogen-bond acceptors (Lipinski definition) is 0. The number of alkyl halides is 3. The summed E-state index contributed by atoms with van der Waals surface area (Å²) in [4.78, 5) is 0. The normalized spacial score (nSPS) is 14.6. The van der Waals surface area contributed by atoms with E-state index < -0.39 is 11.7 Å². The molecular formula is C16H10BrF3. The van der Waals surface area contributed by atoms with Gasteiger partial charge < -0.3 is 0 Å². The first-order chi connectivity index (χ1) is 9.48. The maximum atomic E-state index is 13.1. The molecule has 0 nitrogen and oxygen atoms in total. The van der Waals surface area contributed by atoms with Crippen LogP contribution in [0, 0.1) is 0 Å². The van der Waals surface area contributed by atoms with Gasteiger partial charge in [-0.05, 0) is 45.1 Å². The fourth-order valence-corrected chi connectivity index (χ4v) is 3.37. The lowest BCUT2D eigenvalue weighted by atomic mass is 10.0. The molecule has 0 fully saturated rings. The van der Waals surface area contributed by atoms with Gasteiger partial charge >= 0.3 is 6.18 Å². The first kappa shape index (κ1) is 13.4. The monoisotopic (exact) mass is 338 g/mol. The van der Waals surface area contributed by atoms with Crippen molar-refractivity contribution in [1.82, 2.24) is 0 Å². The highest BCUT2D eigenvalue weighted by molar-refractivity contribution is 9.15. The second-order valence-electron chi connectivity index (χ2n) is 4.67. The molecule has 0 amide bonds. The maximum Gasteiger partial charge on any atom is 0.417 e. The van der Waals surface area contributed by atoms with Crippen molar-refractivity contribution >= 4 is 26.0 Å². The predicted octanol–water partition coefficient (Wildman–Crippen LogP) is 5.52. The molecule has 0 unspecified atom stereocenters. The zero-order chi connectivity index (χ0) is 14.3. The van der Waals surface area contributed by atoms with E-state index in [1.807, 2.05) is 30.3 Å². The van der Waals surface area contributed by atoms with E-state index >= 15 is 0 Å². The van der Waals surface area contributed by atoms with Crippen LogP contribution >= 0.6 is 15.9 Å². The largest absolute Gasteiger partial charge is 0.417 e. The molecule has 0 aromatic heterocycles. The Kier molecular flexibility index (Phi) is 3.21. The highest BCUT2D eigenvalue weighted by Crippen LogP contribution is 2.47. The first-order valence-corrected chi connectivity index (χ1v) is 6.91. The van der Waals surface area contributed by atoms with Crippen LogP contribution in [-0.2, 0) is 12.6 Å². The minimum Gasteiger partial charge on any atom is -0.166 e. The fraction of sp³-hybridized carbons (Fsp3) is 0.125. The van der Waals surface area contributed by atoms with Gasteiger partial charge in [-0.2, -0.15) is 13.2 Å². The molecule has 20 heavy (non-hydrogen) atoms. The van der Waals surface area contributed by atoms with Crippen LogP contribution in [0.4, 0.5) is 13.2 Å². The van der Waals surface area contributed by atoms with Gasteiger partial charge in [-0.25, -0.2) is 0 Å². The Hall–Kier alpha value is -1.55. The molecule has 1 aliphatic carbocycles. The summed E-state index contributed by atoms with van der Waals surface area (Å²) in [5, 5.41) is 0. The molecule has 1 aliphatic rings. The number of halogens is 4. The molecule has 2 aromatic carbocycles. The lowest BCUT2D eigenvalue weighted by molar-refractivity contribution is -0.137. The maximum absolute atomic E-state index is 13.1. The van der Waals surface area contributed by atoms with E-state index in [-0.39, 0.29) is 5.56 Å². The van der Waals surface area contributed by atoms with Crippen LogP contribution in [0.25, 0.3) is 10.1 Å². The average Bonchev–Trinajstić information content (AvgIpc) is 2.76. The first-order valence-electron chi connectivity index (χ1n) is 6.12. The van der Waals surface area contributed by atoms with Crippen LogP contribution in [0.2, 0.25) is 0 Å². The van der Waals surface area contributed by atoms with Crippen molar-refractivity contribution in [3.8, 4) is 0 Å². The van der Waals surface area contributed by atoms with Crippen LogP contribution in [0.5, 0.6) is 0 Å². The molecule has 4 heteroatoms. The standard InChI is InChI=1S/C16H10BrF3/c17-15-12(10-5-2-1-3-6-10)9-11-7-4-8-13(14(11)15)16(18,19)20/h1-8H,9H2. The molecule has 102 valence electrons. The molecule has 2 aromatic rings. The van der Waals surface area contributed by atoms with Gasteiger partial charge in [-0.1, -0.05) is 42.5 Å². The Bertz CT molecular complexity index is 685. The highest BCUT2D eigenvalue weighted by Gasteiger charge is 2.37. The van der Waals surface area contributed by atoms with Crippen molar-refractivity contribution in [1.29, 1.82) is 0 Å². The molecule has 3 rings (SSSR count). The van der Waals surface area contributed by atoms with Crippen LogP contribution in [0.15, 0.2) is 48.5 Å². The van der Waals surface area contributed by atoms with Gasteiger partial charge in [0.2, 0.25) is 0 Å². The highest BCUT2D eigenvalue weighted by atomic mass is 79.9. The summed E-state index contributed by atoms with van der Waals surface area (Å²) in [6.07, 6.45) is -3.82. The predicted molar refractivity (Wildman–Crippen MR) is 77.3 cm³/mol. The molecule has 0 saturated heterocycles. The summed E-state index contributed by atoms with van der Waals surface area (Å²) in [6, 6.07) is 13.8. The lowest BCUT2D eigenvalue weighted by Gasteiger charge is -2.12. The summed E-state index contributed by atoms with van der Waals surface area (Å²) < 4.78 is 39.9. The van der Waals surface area contributed by atoms with Gasteiger partial charge in [-0.3, -0.25) is 0 Å². The number of rotatable bonds is 1. The summed E-state index contributed by atoms with van der Waals surface area (Å²) in [5.41, 5.74) is 2.26. The van der Waals surface area contributed by atoms with E-state index in [1.54, 1.807) is 6.07 Å².